The molecule has 2 aromatic rings. The zero-order chi connectivity index (χ0) is 21.7. The highest BCUT2D eigenvalue weighted by Gasteiger charge is 2.32. The molecule has 7 nitrogen and oxygen atoms in total. The Balaban J connectivity index is 1.67. The highest BCUT2D eigenvalue weighted by molar-refractivity contribution is 7.88. The van der Waals surface area contributed by atoms with Crippen molar-refractivity contribution < 1.29 is 22.7 Å². The number of nitrogens with one attached hydrogen (secondary N) is 1. The number of anilines is 1. The predicted molar refractivity (Wildman–Crippen MR) is 115 cm³/mol. The SMILES string of the molecule is COC(=O)c1cccc(NC(=O)[C@H]2CCCN(S(=O)(=O)Cc3ccccc3Cl)C2)c1. The molecule has 1 aliphatic heterocycles. The molecular formula is C21H23ClN2O5S. The van der Waals surface area contributed by atoms with E-state index in [9.17, 15) is 18.0 Å². The molecule has 0 unspecified atom stereocenters. The van der Waals surface area contributed by atoms with Crippen LogP contribution >= 0.6 is 11.6 Å². The lowest BCUT2D eigenvalue weighted by Crippen LogP contribution is -2.44. The van der Waals surface area contributed by atoms with Gasteiger partial charge in [-0.05, 0) is 42.7 Å². The van der Waals surface area contributed by atoms with Crippen LogP contribution in [0.15, 0.2) is 48.5 Å². The summed E-state index contributed by atoms with van der Waals surface area (Å²) in [6.45, 7) is 0.476. The van der Waals surface area contributed by atoms with Crippen molar-refractivity contribution in [3.05, 3.63) is 64.7 Å². The van der Waals surface area contributed by atoms with Crippen LogP contribution in [0.4, 0.5) is 5.69 Å². The lowest BCUT2D eigenvalue weighted by Gasteiger charge is -2.31. The molecule has 1 heterocycles. The molecule has 0 aromatic heterocycles. The van der Waals surface area contributed by atoms with Crippen molar-refractivity contribution in [2.75, 3.05) is 25.5 Å². The van der Waals surface area contributed by atoms with E-state index >= 15 is 0 Å². The molecule has 0 bridgehead atoms. The number of carbonyl (C=O) groups is 2. The smallest absolute Gasteiger partial charge is 0.337 e. The van der Waals surface area contributed by atoms with Crippen LogP contribution in [0, 0.1) is 5.92 Å². The lowest BCUT2D eigenvalue weighted by molar-refractivity contribution is -0.120. The number of amides is 1. The van der Waals surface area contributed by atoms with Crippen molar-refractivity contribution in [1.29, 1.82) is 0 Å². The fourth-order valence-electron chi connectivity index (χ4n) is 3.40. The predicted octanol–water partition coefficient (Wildman–Crippen LogP) is 3.31. The quantitative estimate of drug-likeness (QED) is 0.681. The second-order valence-corrected chi connectivity index (χ2v) is 9.48. The summed E-state index contributed by atoms with van der Waals surface area (Å²) in [5.41, 5.74) is 1.31. The van der Waals surface area contributed by atoms with Crippen LogP contribution in [0.3, 0.4) is 0 Å². The number of methoxy groups -OCH3 is 1. The number of nitrogens with zero attached hydrogens (tertiary/aromatic N) is 1. The van der Waals surface area contributed by atoms with Gasteiger partial charge in [0.1, 0.15) is 0 Å². The Morgan fingerprint density at radius 3 is 2.70 bits per heavy atom. The highest BCUT2D eigenvalue weighted by atomic mass is 35.5. The van der Waals surface area contributed by atoms with Gasteiger partial charge in [0.25, 0.3) is 0 Å². The van der Waals surface area contributed by atoms with Crippen LogP contribution in [-0.4, -0.2) is 44.8 Å². The van der Waals surface area contributed by atoms with Gasteiger partial charge in [-0.15, -0.1) is 0 Å². The van der Waals surface area contributed by atoms with Crippen molar-refractivity contribution in [2.24, 2.45) is 5.92 Å². The summed E-state index contributed by atoms with van der Waals surface area (Å²) in [5.74, 6) is -1.47. The van der Waals surface area contributed by atoms with Crippen molar-refractivity contribution in [1.82, 2.24) is 4.31 Å². The third-order valence-electron chi connectivity index (χ3n) is 5.00. The number of esters is 1. The van der Waals surface area contributed by atoms with Gasteiger partial charge in [0, 0.05) is 23.8 Å². The lowest BCUT2D eigenvalue weighted by atomic mass is 9.98. The van der Waals surface area contributed by atoms with Gasteiger partial charge in [0.05, 0.1) is 24.3 Å². The normalized spacial score (nSPS) is 17.3. The number of halogens is 1. The minimum atomic E-state index is -3.61. The standard InChI is InChI=1S/C21H23ClN2O5S/c1-29-21(26)15-7-4-9-18(12-15)23-20(25)16-8-5-11-24(13-16)30(27,28)14-17-6-2-3-10-19(17)22/h2-4,6-7,9-10,12,16H,5,8,11,13-14H2,1H3,(H,23,25)/t16-/m0/s1. The van der Waals surface area contributed by atoms with Gasteiger partial charge < -0.3 is 10.1 Å². The Morgan fingerprint density at radius 2 is 1.97 bits per heavy atom. The molecular weight excluding hydrogens is 428 g/mol. The van der Waals surface area contributed by atoms with Crippen LogP contribution in [0.1, 0.15) is 28.8 Å². The molecule has 0 radical (unpaired) electrons. The molecule has 160 valence electrons. The molecule has 0 saturated carbocycles. The summed E-state index contributed by atoms with van der Waals surface area (Å²) in [4.78, 5) is 24.4. The van der Waals surface area contributed by atoms with Gasteiger partial charge in [0.15, 0.2) is 0 Å². The summed E-state index contributed by atoms with van der Waals surface area (Å²) >= 11 is 6.10. The molecule has 1 amide bonds. The van der Waals surface area contributed by atoms with Crippen LogP contribution in [0.25, 0.3) is 0 Å². The summed E-state index contributed by atoms with van der Waals surface area (Å²) in [5, 5.41) is 3.17. The fourth-order valence-corrected chi connectivity index (χ4v) is 5.32. The van der Waals surface area contributed by atoms with E-state index in [-0.39, 0.29) is 18.2 Å². The zero-order valence-corrected chi connectivity index (χ0v) is 18.1. The second-order valence-electron chi connectivity index (χ2n) is 7.11. The Bertz CT molecular complexity index is 1040. The average molecular weight is 451 g/mol. The Labute approximate surface area is 181 Å². The molecule has 0 aliphatic carbocycles. The third-order valence-corrected chi connectivity index (χ3v) is 7.16. The molecule has 3 rings (SSSR count). The minimum absolute atomic E-state index is 0.106. The van der Waals surface area contributed by atoms with E-state index in [2.05, 4.69) is 10.1 Å². The summed E-state index contributed by atoms with van der Waals surface area (Å²) in [7, 11) is -2.33. The van der Waals surface area contributed by atoms with Gasteiger partial charge >= 0.3 is 5.97 Å². The van der Waals surface area contributed by atoms with Crippen molar-refractivity contribution >= 4 is 39.2 Å². The number of ether oxygens (including phenoxy) is 1. The van der Waals surface area contributed by atoms with Crippen LogP contribution in [0.2, 0.25) is 5.02 Å². The maximum Gasteiger partial charge on any atom is 0.337 e. The Kier molecular flexibility index (Phi) is 7.12. The number of sulfonamides is 1. The maximum atomic E-state index is 12.9. The molecule has 2 aromatic carbocycles. The summed E-state index contributed by atoms with van der Waals surface area (Å²) in [6, 6.07) is 13.2. The van der Waals surface area contributed by atoms with Crippen LogP contribution < -0.4 is 5.32 Å². The van der Waals surface area contributed by atoms with Crippen molar-refractivity contribution in [3.8, 4) is 0 Å². The van der Waals surface area contributed by atoms with Gasteiger partial charge in [-0.3, -0.25) is 4.79 Å². The number of rotatable bonds is 6. The molecule has 1 N–H and O–H groups in total. The van der Waals surface area contributed by atoms with E-state index in [0.29, 0.717) is 41.2 Å². The van der Waals surface area contributed by atoms with Crippen molar-refractivity contribution in [3.63, 3.8) is 0 Å². The molecule has 1 fully saturated rings. The number of benzene rings is 2. The van der Waals surface area contributed by atoms with Gasteiger partial charge in [-0.2, -0.15) is 0 Å². The fraction of sp³-hybridized carbons (Fsp3) is 0.333. The second kappa shape index (κ2) is 9.59. The first-order valence-corrected chi connectivity index (χ1v) is 11.5. The zero-order valence-electron chi connectivity index (χ0n) is 16.5. The van der Waals surface area contributed by atoms with Gasteiger partial charge in [0.2, 0.25) is 15.9 Å². The summed E-state index contributed by atoms with van der Waals surface area (Å²) < 4.78 is 31.8. The monoisotopic (exact) mass is 450 g/mol. The van der Waals surface area contributed by atoms with Gasteiger partial charge in [-0.25, -0.2) is 17.5 Å². The molecule has 0 spiro atoms. The molecule has 30 heavy (non-hydrogen) atoms. The average Bonchev–Trinajstić information content (AvgIpc) is 2.75. The molecule has 9 heteroatoms. The van der Waals surface area contributed by atoms with E-state index in [1.165, 1.54) is 17.5 Å². The first kappa shape index (κ1) is 22.3. The van der Waals surface area contributed by atoms with Gasteiger partial charge in [-0.1, -0.05) is 35.9 Å². The Hall–Kier alpha value is -2.42. The highest BCUT2D eigenvalue weighted by Crippen LogP contribution is 2.25. The number of piperidine rings is 1. The molecule has 1 aliphatic rings. The van der Waals surface area contributed by atoms with E-state index in [0.717, 1.165) is 0 Å². The topological polar surface area (TPSA) is 92.8 Å². The molecule has 1 saturated heterocycles. The van der Waals surface area contributed by atoms with Crippen LogP contribution in [-0.2, 0) is 25.3 Å². The first-order valence-electron chi connectivity index (χ1n) is 9.50. The maximum absolute atomic E-state index is 12.9. The molecule has 1 atom stereocenters. The van der Waals surface area contributed by atoms with E-state index in [1.54, 1.807) is 42.5 Å². The number of carbonyl (C=O) groups excluding carboxylic acids is 2. The Morgan fingerprint density at radius 1 is 1.20 bits per heavy atom. The third kappa shape index (κ3) is 5.38. The van der Waals surface area contributed by atoms with E-state index in [4.69, 9.17) is 11.6 Å². The number of hydrogen-bond donors (Lipinski definition) is 1. The minimum Gasteiger partial charge on any atom is -0.465 e. The van der Waals surface area contributed by atoms with Crippen molar-refractivity contribution in [2.45, 2.75) is 18.6 Å². The largest absolute Gasteiger partial charge is 0.465 e. The van der Waals surface area contributed by atoms with E-state index in [1.807, 2.05) is 0 Å². The first-order chi connectivity index (χ1) is 14.3. The van der Waals surface area contributed by atoms with E-state index < -0.39 is 21.9 Å². The van der Waals surface area contributed by atoms with Crippen LogP contribution in [0.5, 0.6) is 0 Å². The number of hydrogen-bond acceptors (Lipinski definition) is 5. The summed E-state index contributed by atoms with van der Waals surface area (Å²) in [6.07, 6.45) is 1.17.